The Labute approximate surface area is 139 Å². The van der Waals surface area contributed by atoms with Gasteiger partial charge in [-0.3, -0.25) is 0 Å². The average molecular weight is 412 g/mol. The Bertz CT molecular complexity index is 818. The minimum Gasteiger partial charge on any atom is -0.331 e. The van der Waals surface area contributed by atoms with Crippen molar-refractivity contribution >= 4 is 55.1 Å². The van der Waals surface area contributed by atoms with Gasteiger partial charge in [0.2, 0.25) is 0 Å². The molecule has 1 aromatic heterocycles. The maximum atomic E-state index is 5.48. The number of halogens is 2. The minimum absolute atomic E-state index is 0.179. The van der Waals surface area contributed by atoms with Crippen LogP contribution in [-0.2, 0) is 0 Å². The summed E-state index contributed by atoms with van der Waals surface area (Å²) in [6, 6.07) is 14.7. The van der Waals surface area contributed by atoms with Crippen molar-refractivity contribution in [2.24, 2.45) is 0 Å². The predicted molar refractivity (Wildman–Crippen MR) is 92.8 cm³/mol. The van der Waals surface area contributed by atoms with Gasteiger partial charge in [0.1, 0.15) is 0 Å². The summed E-state index contributed by atoms with van der Waals surface area (Å²) in [5.74, 6) is 0. The van der Waals surface area contributed by atoms with Gasteiger partial charge in [-0.1, -0.05) is 44.0 Å². The van der Waals surface area contributed by atoms with E-state index in [1.54, 1.807) is 0 Å². The maximum Gasteiger partial charge on any atom is 0.178 e. The van der Waals surface area contributed by atoms with E-state index in [0.717, 1.165) is 24.7 Å². The van der Waals surface area contributed by atoms with Crippen molar-refractivity contribution in [3.05, 3.63) is 61.7 Å². The first kappa shape index (κ1) is 14.0. The van der Waals surface area contributed by atoms with Crippen LogP contribution in [0.5, 0.6) is 0 Å². The highest BCUT2D eigenvalue weighted by molar-refractivity contribution is 9.10. The number of rotatable bonds is 2. The third kappa shape index (κ3) is 2.50. The number of aromatic amines is 1. The van der Waals surface area contributed by atoms with Gasteiger partial charge in [-0.2, -0.15) is 0 Å². The first-order chi connectivity index (χ1) is 9.56. The number of aromatic nitrogens is 2. The fourth-order valence-corrected chi connectivity index (χ4v) is 3.35. The molecule has 1 N–H and O–H groups in total. The Morgan fingerprint density at radius 2 is 1.70 bits per heavy atom. The standard InChI is InChI=1S/C15H12Br2N2S/c1-9(10-2-4-11(16)5-3-10)19-14-8-12(17)6-7-13(14)18-15(19)20/h2-9H,1H3,(H,18,20). The molecule has 0 spiro atoms. The Morgan fingerprint density at radius 1 is 1.05 bits per heavy atom. The summed E-state index contributed by atoms with van der Waals surface area (Å²) in [6.45, 7) is 2.16. The van der Waals surface area contributed by atoms with Crippen molar-refractivity contribution < 1.29 is 0 Å². The molecule has 1 heterocycles. The molecule has 3 rings (SSSR count). The van der Waals surface area contributed by atoms with Crippen LogP contribution >= 0.6 is 44.1 Å². The van der Waals surface area contributed by atoms with Crippen molar-refractivity contribution in [2.45, 2.75) is 13.0 Å². The lowest BCUT2D eigenvalue weighted by Crippen LogP contribution is -2.06. The zero-order valence-corrected chi connectivity index (χ0v) is 14.7. The quantitative estimate of drug-likeness (QED) is 0.525. The second-order valence-electron chi connectivity index (χ2n) is 4.69. The van der Waals surface area contributed by atoms with Gasteiger partial charge in [-0.05, 0) is 55.0 Å². The van der Waals surface area contributed by atoms with Crippen LogP contribution in [0.2, 0.25) is 0 Å². The Hall–Kier alpha value is -0.910. The van der Waals surface area contributed by atoms with E-state index in [1.807, 2.05) is 12.1 Å². The summed E-state index contributed by atoms with van der Waals surface area (Å²) >= 11 is 12.5. The molecule has 1 unspecified atom stereocenters. The molecule has 2 nitrogen and oxygen atoms in total. The second kappa shape index (κ2) is 5.47. The van der Waals surface area contributed by atoms with Crippen LogP contribution in [0.25, 0.3) is 11.0 Å². The number of imidazole rings is 1. The van der Waals surface area contributed by atoms with Gasteiger partial charge in [0.25, 0.3) is 0 Å². The average Bonchev–Trinajstić information content (AvgIpc) is 2.74. The topological polar surface area (TPSA) is 20.7 Å². The summed E-state index contributed by atoms with van der Waals surface area (Å²) in [5, 5.41) is 0. The number of hydrogen-bond acceptors (Lipinski definition) is 1. The normalized spacial score (nSPS) is 12.8. The minimum atomic E-state index is 0.179. The third-order valence-corrected chi connectivity index (χ3v) is 4.74. The van der Waals surface area contributed by atoms with E-state index in [4.69, 9.17) is 12.2 Å². The highest BCUT2D eigenvalue weighted by Gasteiger charge is 2.13. The summed E-state index contributed by atoms with van der Waals surface area (Å²) in [4.78, 5) is 3.26. The molecule has 0 radical (unpaired) electrons. The Morgan fingerprint density at radius 3 is 2.40 bits per heavy atom. The molecule has 0 aliphatic heterocycles. The van der Waals surface area contributed by atoms with Gasteiger partial charge >= 0.3 is 0 Å². The SMILES string of the molecule is CC(c1ccc(Br)cc1)n1c(=S)[nH]c2ccc(Br)cc21. The van der Waals surface area contributed by atoms with E-state index < -0.39 is 0 Å². The fraction of sp³-hybridized carbons (Fsp3) is 0.133. The monoisotopic (exact) mass is 410 g/mol. The number of nitrogens with one attached hydrogen (secondary N) is 1. The second-order valence-corrected chi connectivity index (χ2v) is 6.91. The molecule has 20 heavy (non-hydrogen) atoms. The van der Waals surface area contributed by atoms with E-state index in [1.165, 1.54) is 5.56 Å². The van der Waals surface area contributed by atoms with Crippen LogP contribution in [0.1, 0.15) is 18.5 Å². The largest absolute Gasteiger partial charge is 0.331 e. The smallest absolute Gasteiger partial charge is 0.178 e. The van der Waals surface area contributed by atoms with Crippen LogP contribution in [0, 0.1) is 4.77 Å². The van der Waals surface area contributed by atoms with Crippen LogP contribution in [0.3, 0.4) is 0 Å². The van der Waals surface area contributed by atoms with Crippen LogP contribution in [0.15, 0.2) is 51.4 Å². The summed E-state index contributed by atoms with van der Waals surface area (Å²) in [5.41, 5.74) is 3.40. The highest BCUT2D eigenvalue weighted by Crippen LogP contribution is 2.27. The van der Waals surface area contributed by atoms with Gasteiger partial charge in [0, 0.05) is 8.95 Å². The number of benzene rings is 2. The number of hydrogen-bond donors (Lipinski definition) is 1. The van der Waals surface area contributed by atoms with Crippen molar-refractivity contribution in [3.8, 4) is 0 Å². The van der Waals surface area contributed by atoms with Crippen molar-refractivity contribution in [3.63, 3.8) is 0 Å². The molecule has 2 aromatic carbocycles. The Kier molecular flexibility index (Phi) is 3.84. The molecule has 1 atom stereocenters. The Balaban J connectivity index is 2.18. The summed E-state index contributed by atoms with van der Waals surface area (Å²) < 4.78 is 5.03. The van der Waals surface area contributed by atoms with E-state index in [0.29, 0.717) is 0 Å². The lowest BCUT2D eigenvalue weighted by Gasteiger charge is -2.15. The molecular formula is C15H12Br2N2S. The molecule has 5 heteroatoms. The van der Waals surface area contributed by atoms with Crippen molar-refractivity contribution in [1.29, 1.82) is 0 Å². The fourth-order valence-electron chi connectivity index (χ4n) is 2.37. The lowest BCUT2D eigenvalue weighted by molar-refractivity contribution is 0.649. The third-order valence-electron chi connectivity index (χ3n) is 3.42. The lowest BCUT2D eigenvalue weighted by atomic mass is 10.1. The van der Waals surface area contributed by atoms with Gasteiger partial charge in [-0.25, -0.2) is 0 Å². The zero-order valence-electron chi connectivity index (χ0n) is 10.7. The van der Waals surface area contributed by atoms with E-state index in [2.05, 4.69) is 78.7 Å². The van der Waals surface area contributed by atoms with Gasteiger partial charge < -0.3 is 9.55 Å². The molecule has 3 aromatic rings. The van der Waals surface area contributed by atoms with E-state index in [9.17, 15) is 0 Å². The maximum absolute atomic E-state index is 5.48. The first-order valence-electron chi connectivity index (χ1n) is 6.21. The molecule has 102 valence electrons. The van der Waals surface area contributed by atoms with Crippen molar-refractivity contribution in [1.82, 2.24) is 9.55 Å². The molecule has 0 bridgehead atoms. The molecule has 0 aliphatic carbocycles. The summed E-state index contributed by atoms with van der Waals surface area (Å²) in [7, 11) is 0. The zero-order chi connectivity index (χ0) is 14.3. The van der Waals surface area contributed by atoms with Crippen LogP contribution in [0.4, 0.5) is 0 Å². The molecule has 0 aliphatic rings. The van der Waals surface area contributed by atoms with Crippen molar-refractivity contribution in [2.75, 3.05) is 0 Å². The summed E-state index contributed by atoms with van der Waals surface area (Å²) in [6.07, 6.45) is 0. The number of H-pyrrole nitrogens is 1. The van der Waals surface area contributed by atoms with E-state index in [-0.39, 0.29) is 6.04 Å². The molecule has 0 saturated heterocycles. The molecule has 0 amide bonds. The number of nitrogens with zero attached hydrogens (tertiary/aromatic N) is 1. The van der Waals surface area contributed by atoms with Gasteiger partial charge in [0.05, 0.1) is 17.1 Å². The number of fused-ring (bicyclic) bond motifs is 1. The molecule has 0 fully saturated rings. The molecular weight excluding hydrogens is 400 g/mol. The molecule has 0 saturated carbocycles. The van der Waals surface area contributed by atoms with E-state index >= 15 is 0 Å². The van der Waals surface area contributed by atoms with Crippen LogP contribution in [-0.4, -0.2) is 9.55 Å². The predicted octanol–water partition coefficient (Wildman–Crippen LogP) is 5.83. The van der Waals surface area contributed by atoms with Crippen LogP contribution < -0.4 is 0 Å². The highest BCUT2D eigenvalue weighted by atomic mass is 79.9. The van der Waals surface area contributed by atoms with Gasteiger partial charge in [0.15, 0.2) is 4.77 Å². The first-order valence-corrected chi connectivity index (χ1v) is 8.21. The van der Waals surface area contributed by atoms with Gasteiger partial charge in [-0.15, -0.1) is 0 Å².